The van der Waals surface area contributed by atoms with Crippen molar-refractivity contribution in [1.82, 2.24) is 9.80 Å². The van der Waals surface area contributed by atoms with Crippen LogP contribution in [0.2, 0.25) is 0 Å². The predicted octanol–water partition coefficient (Wildman–Crippen LogP) is 0.591. The molecule has 100 valence electrons. The lowest BCUT2D eigenvalue weighted by Gasteiger charge is -2.35. The summed E-state index contributed by atoms with van der Waals surface area (Å²) in [5.74, 6) is 0.305. The van der Waals surface area contributed by atoms with E-state index in [0.717, 1.165) is 13.1 Å². The predicted molar refractivity (Wildman–Crippen MR) is 70.0 cm³/mol. The molecular weight excluding hydrogens is 236 g/mol. The Morgan fingerprint density at radius 3 is 2.65 bits per heavy atom. The molecule has 0 spiro atoms. The lowest BCUT2D eigenvalue weighted by molar-refractivity contribution is 0.139. The van der Waals surface area contributed by atoms with E-state index in [1.807, 2.05) is 0 Å². The summed E-state index contributed by atoms with van der Waals surface area (Å²) in [5.41, 5.74) is 0. The van der Waals surface area contributed by atoms with Crippen LogP contribution in [-0.2, 0) is 9.84 Å². The van der Waals surface area contributed by atoms with Gasteiger partial charge >= 0.3 is 0 Å². The van der Waals surface area contributed by atoms with Gasteiger partial charge in [0, 0.05) is 25.4 Å². The van der Waals surface area contributed by atoms with Crippen LogP contribution < -0.4 is 0 Å². The minimum Gasteiger partial charge on any atom is -0.301 e. The van der Waals surface area contributed by atoms with Gasteiger partial charge in [0.2, 0.25) is 0 Å². The zero-order valence-corrected chi connectivity index (χ0v) is 11.6. The van der Waals surface area contributed by atoms with Gasteiger partial charge in [0.15, 0.2) is 0 Å². The first kappa shape index (κ1) is 13.3. The zero-order valence-electron chi connectivity index (χ0n) is 10.8. The monoisotopic (exact) mass is 260 g/mol. The highest BCUT2D eigenvalue weighted by Gasteiger charge is 2.26. The molecule has 2 heterocycles. The number of fused-ring (bicyclic) bond motifs is 1. The Hall–Kier alpha value is -0.130. The summed E-state index contributed by atoms with van der Waals surface area (Å²) in [6.07, 6.45) is 6.47. The molecule has 0 saturated carbocycles. The van der Waals surface area contributed by atoms with Crippen LogP contribution in [0.1, 0.15) is 25.7 Å². The van der Waals surface area contributed by atoms with E-state index in [4.69, 9.17) is 0 Å². The molecule has 0 aliphatic carbocycles. The van der Waals surface area contributed by atoms with Gasteiger partial charge in [-0.1, -0.05) is 6.42 Å². The van der Waals surface area contributed by atoms with Crippen molar-refractivity contribution >= 4 is 9.84 Å². The average Bonchev–Trinajstić information content (AvgIpc) is 2.47. The first-order chi connectivity index (χ1) is 8.04. The molecule has 2 aliphatic heterocycles. The Balaban J connectivity index is 1.87. The van der Waals surface area contributed by atoms with Crippen molar-refractivity contribution in [2.75, 3.05) is 44.7 Å². The summed E-state index contributed by atoms with van der Waals surface area (Å²) in [7, 11) is -2.82. The fraction of sp³-hybridized carbons (Fsp3) is 1.00. The molecule has 1 atom stereocenters. The van der Waals surface area contributed by atoms with Gasteiger partial charge in [-0.3, -0.25) is 4.90 Å². The molecule has 0 aromatic carbocycles. The van der Waals surface area contributed by atoms with Crippen LogP contribution in [0.15, 0.2) is 0 Å². The van der Waals surface area contributed by atoms with Crippen molar-refractivity contribution in [3.8, 4) is 0 Å². The maximum absolute atomic E-state index is 11.2. The van der Waals surface area contributed by atoms with Crippen LogP contribution in [0.5, 0.6) is 0 Å². The molecule has 4 nitrogen and oxygen atoms in total. The van der Waals surface area contributed by atoms with Gasteiger partial charge in [-0.2, -0.15) is 0 Å². The molecule has 0 amide bonds. The number of hydrogen-bond donors (Lipinski definition) is 0. The second-order valence-corrected chi connectivity index (χ2v) is 7.73. The summed E-state index contributed by atoms with van der Waals surface area (Å²) in [5, 5.41) is 0. The van der Waals surface area contributed by atoms with Crippen molar-refractivity contribution in [2.45, 2.75) is 31.7 Å². The third-order valence-electron chi connectivity index (χ3n) is 3.92. The molecule has 0 aromatic heterocycles. The smallest absolute Gasteiger partial charge is 0.148 e. The highest BCUT2D eigenvalue weighted by molar-refractivity contribution is 7.90. The standard InChI is InChI=1S/C12H24N2O2S/c1-17(15,16)10-9-13-6-4-8-14-7-3-2-5-12(14)11-13/h12H,2-11H2,1H3. The molecular formula is C12H24N2O2S. The van der Waals surface area contributed by atoms with Gasteiger partial charge in [-0.25, -0.2) is 8.42 Å². The third kappa shape index (κ3) is 4.23. The van der Waals surface area contributed by atoms with Crippen molar-refractivity contribution in [2.24, 2.45) is 0 Å². The number of nitrogens with zero attached hydrogens (tertiary/aromatic N) is 2. The third-order valence-corrected chi connectivity index (χ3v) is 4.84. The van der Waals surface area contributed by atoms with Crippen molar-refractivity contribution in [3.05, 3.63) is 0 Å². The van der Waals surface area contributed by atoms with E-state index in [1.165, 1.54) is 45.0 Å². The molecule has 0 N–H and O–H groups in total. The second kappa shape index (κ2) is 5.67. The molecule has 5 heteroatoms. The molecule has 17 heavy (non-hydrogen) atoms. The SMILES string of the molecule is CS(=O)(=O)CCN1CCCN2CCCCC2C1. The normalized spacial score (nSPS) is 28.6. The summed E-state index contributed by atoms with van der Waals surface area (Å²) in [6.45, 7) is 5.27. The molecule has 1 unspecified atom stereocenters. The summed E-state index contributed by atoms with van der Waals surface area (Å²) in [6, 6.07) is 0.672. The molecule has 2 rings (SSSR count). The van der Waals surface area contributed by atoms with Crippen molar-refractivity contribution in [1.29, 1.82) is 0 Å². The Morgan fingerprint density at radius 1 is 1.12 bits per heavy atom. The highest BCUT2D eigenvalue weighted by Crippen LogP contribution is 2.20. The van der Waals surface area contributed by atoms with Gasteiger partial charge in [0.05, 0.1) is 5.75 Å². The Bertz CT molecular complexity index is 342. The summed E-state index contributed by atoms with van der Waals surface area (Å²) in [4.78, 5) is 4.95. The Kier molecular flexibility index (Phi) is 4.44. The van der Waals surface area contributed by atoms with Crippen LogP contribution in [-0.4, -0.2) is 69.0 Å². The largest absolute Gasteiger partial charge is 0.301 e. The molecule has 0 radical (unpaired) electrons. The minimum atomic E-state index is -2.82. The maximum atomic E-state index is 11.2. The van der Waals surface area contributed by atoms with E-state index >= 15 is 0 Å². The van der Waals surface area contributed by atoms with E-state index in [9.17, 15) is 8.42 Å². The number of sulfone groups is 1. The zero-order chi connectivity index (χ0) is 12.3. The van der Waals surface area contributed by atoms with E-state index in [-0.39, 0.29) is 0 Å². The first-order valence-corrected chi connectivity index (χ1v) is 8.75. The molecule has 2 saturated heterocycles. The van der Waals surface area contributed by atoms with Gasteiger partial charge in [0.1, 0.15) is 9.84 Å². The Morgan fingerprint density at radius 2 is 1.88 bits per heavy atom. The van der Waals surface area contributed by atoms with Crippen molar-refractivity contribution in [3.63, 3.8) is 0 Å². The Labute approximate surface area is 105 Å². The minimum absolute atomic E-state index is 0.305. The van der Waals surface area contributed by atoms with Crippen molar-refractivity contribution < 1.29 is 8.42 Å². The van der Waals surface area contributed by atoms with E-state index < -0.39 is 9.84 Å². The lowest BCUT2D eigenvalue weighted by Crippen LogP contribution is -2.44. The second-order valence-electron chi connectivity index (χ2n) is 5.47. The van der Waals surface area contributed by atoms with Crippen LogP contribution >= 0.6 is 0 Å². The van der Waals surface area contributed by atoms with Gasteiger partial charge < -0.3 is 4.90 Å². The summed E-state index contributed by atoms with van der Waals surface area (Å²) < 4.78 is 22.4. The molecule has 0 aromatic rings. The lowest BCUT2D eigenvalue weighted by atomic mass is 10.0. The molecule has 0 bridgehead atoms. The summed E-state index contributed by atoms with van der Waals surface area (Å²) >= 11 is 0. The number of hydrogen-bond acceptors (Lipinski definition) is 4. The van der Waals surface area contributed by atoms with Gasteiger partial charge in [-0.05, 0) is 38.9 Å². The van der Waals surface area contributed by atoms with Crippen LogP contribution in [0.3, 0.4) is 0 Å². The topological polar surface area (TPSA) is 40.6 Å². The van der Waals surface area contributed by atoms with Crippen LogP contribution in [0, 0.1) is 0 Å². The average molecular weight is 260 g/mol. The van der Waals surface area contributed by atoms with Crippen LogP contribution in [0.4, 0.5) is 0 Å². The molecule has 2 aliphatic rings. The van der Waals surface area contributed by atoms with E-state index in [1.54, 1.807) is 0 Å². The highest BCUT2D eigenvalue weighted by atomic mass is 32.2. The molecule has 2 fully saturated rings. The number of rotatable bonds is 3. The fourth-order valence-corrected chi connectivity index (χ4v) is 3.54. The quantitative estimate of drug-likeness (QED) is 0.745. The van der Waals surface area contributed by atoms with E-state index in [2.05, 4.69) is 9.80 Å². The van der Waals surface area contributed by atoms with Gasteiger partial charge in [0.25, 0.3) is 0 Å². The van der Waals surface area contributed by atoms with E-state index in [0.29, 0.717) is 18.3 Å². The first-order valence-electron chi connectivity index (χ1n) is 6.69. The number of piperidine rings is 1. The maximum Gasteiger partial charge on any atom is 0.148 e. The van der Waals surface area contributed by atoms with Gasteiger partial charge in [-0.15, -0.1) is 0 Å². The fourth-order valence-electron chi connectivity index (χ4n) is 2.95. The van der Waals surface area contributed by atoms with Crippen LogP contribution in [0.25, 0.3) is 0 Å².